The van der Waals surface area contributed by atoms with Gasteiger partial charge in [-0.1, -0.05) is 29.8 Å². The van der Waals surface area contributed by atoms with Gasteiger partial charge in [0.15, 0.2) is 0 Å². The summed E-state index contributed by atoms with van der Waals surface area (Å²) in [6, 6.07) is 10.8. The molecule has 1 aliphatic heterocycles. The zero-order chi connectivity index (χ0) is 27.2. The number of nitrogens with one attached hydrogen (secondary N) is 1. The van der Waals surface area contributed by atoms with Crippen LogP contribution in [0.5, 0.6) is 0 Å². The molecule has 2 amide bonds. The number of carbonyl (C=O) groups is 2. The monoisotopic (exact) mass is 517 g/mol. The van der Waals surface area contributed by atoms with Gasteiger partial charge in [0, 0.05) is 30.7 Å². The number of likely N-dealkylation sites (tertiary alicyclic amines) is 1. The molecule has 10 nitrogen and oxygen atoms in total. The van der Waals surface area contributed by atoms with Crippen molar-refractivity contribution in [3.8, 4) is 11.3 Å². The van der Waals surface area contributed by atoms with Crippen molar-refractivity contribution in [2.24, 2.45) is 7.05 Å². The molecular weight excluding hydrogens is 489 g/mol. The average Bonchev–Trinajstić information content (AvgIpc) is 3.29. The summed E-state index contributed by atoms with van der Waals surface area (Å²) in [7, 11) is 1.82. The number of amides is 2. The highest BCUT2D eigenvalue weighted by molar-refractivity contribution is 5.98. The Kier molecular flexibility index (Phi) is 6.22. The second-order valence-electron chi connectivity index (χ2n) is 10.0. The minimum atomic E-state index is -1.46. The Morgan fingerprint density at radius 3 is 2.53 bits per heavy atom. The summed E-state index contributed by atoms with van der Waals surface area (Å²) < 4.78 is 16.9. The highest BCUT2D eigenvalue weighted by Gasteiger charge is 2.41. The van der Waals surface area contributed by atoms with Crippen molar-refractivity contribution in [3.63, 3.8) is 0 Å². The third-order valence-corrected chi connectivity index (χ3v) is 6.58. The van der Waals surface area contributed by atoms with Crippen LogP contribution in [0.15, 0.2) is 53.7 Å². The maximum Gasteiger partial charge on any atom is 0.265 e. The molecule has 4 aromatic rings. The molecule has 1 saturated heterocycles. The summed E-state index contributed by atoms with van der Waals surface area (Å²) in [4.78, 5) is 49.6. The van der Waals surface area contributed by atoms with Gasteiger partial charge in [0.1, 0.15) is 29.2 Å². The topological polar surface area (TPSA) is 128 Å². The average molecular weight is 518 g/mol. The Hall–Kier alpha value is -4.54. The lowest BCUT2D eigenvalue weighted by molar-refractivity contribution is -0.144. The number of hydrogen-bond donors (Lipinski definition) is 2. The zero-order valence-electron chi connectivity index (χ0n) is 21.4. The molecule has 196 valence electrons. The van der Waals surface area contributed by atoms with E-state index in [0.717, 1.165) is 15.7 Å². The molecule has 3 aromatic heterocycles. The summed E-state index contributed by atoms with van der Waals surface area (Å²) in [5, 5.41) is 3.22. The van der Waals surface area contributed by atoms with E-state index in [1.54, 1.807) is 23.2 Å². The van der Waals surface area contributed by atoms with Gasteiger partial charge in [-0.05, 0) is 31.5 Å². The van der Waals surface area contributed by atoms with E-state index in [1.807, 2.05) is 38.2 Å². The number of nitrogens with two attached hydrogens (primary N) is 1. The van der Waals surface area contributed by atoms with Crippen LogP contribution in [0.3, 0.4) is 0 Å². The molecule has 3 N–H and O–H groups in total. The van der Waals surface area contributed by atoms with E-state index in [-0.39, 0.29) is 36.7 Å². The lowest BCUT2D eigenvalue weighted by Gasteiger charge is -2.42. The fourth-order valence-corrected chi connectivity index (χ4v) is 4.53. The molecule has 0 radical (unpaired) electrons. The van der Waals surface area contributed by atoms with Gasteiger partial charge in [0.25, 0.3) is 11.5 Å². The van der Waals surface area contributed by atoms with Crippen molar-refractivity contribution in [1.29, 1.82) is 0 Å². The van der Waals surface area contributed by atoms with Crippen LogP contribution in [0, 0.1) is 6.92 Å². The summed E-state index contributed by atoms with van der Waals surface area (Å²) >= 11 is 0. The predicted molar refractivity (Wildman–Crippen MR) is 141 cm³/mol. The number of carbonyl (C=O) groups excluding carboxylic acids is 2. The van der Waals surface area contributed by atoms with Gasteiger partial charge in [0.05, 0.1) is 25.1 Å². The summed E-state index contributed by atoms with van der Waals surface area (Å²) in [5.74, 6) is -0.918. The number of aryl methyl sites for hydroxylation is 2. The van der Waals surface area contributed by atoms with Crippen LogP contribution in [0.1, 0.15) is 28.4 Å². The van der Waals surface area contributed by atoms with Crippen molar-refractivity contribution < 1.29 is 14.0 Å². The number of imidazole rings is 1. The zero-order valence-corrected chi connectivity index (χ0v) is 21.4. The van der Waals surface area contributed by atoms with Crippen molar-refractivity contribution in [3.05, 3.63) is 76.0 Å². The highest BCUT2D eigenvalue weighted by Crippen LogP contribution is 2.28. The van der Waals surface area contributed by atoms with Crippen LogP contribution in [-0.4, -0.2) is 54.6 Å². The molecular formula is C27H28FN7O3. The molecule has 0 aliphatic carbocycles. The van der Waals surface area contributed by atoms with Crippen LogP contribution in [-0.2, 0) is 24.9 Å². The molecule has 0 unspecified atom stereocenters. The number of pyridine rings is 2. The Balaban J connectivity index is 1.55. The highest BCUT2D eigenvalue weighted by atomic mass is 19.1. The van der Waals surface area contributed by atoms with Gasteiger partial charge < -0.3 is 20.5 Å². The van der Waals surface area contributed by atoms with E-state index in [0.29, 0.717) is 16.6 Å². The lowest BCUT2D eigenvalue weighted by atomic mass is 9.99. The van der Waals surface area contributed by atoms with Crippen LogP contribution in [0.4, 0.5) is 10.2 Å². The molecule has 5 rings (SSSR count). The number of hydrogen-bond acceptors (Lipinski definition) is 6. The SMILES string of the molecule is Cc1ccc(CNC(=O)c2cc3cc(-c4cn(C)cn4)c(N)nc3n(CC(=O)N3CC(C)(F)C3)c2=O)cc1. The van der Waals surface area contributed by atoms with Crippen LogP contribution < -0.4 is 16.6 Å². The van der Waals surface area contributed by atoms with Crippen LogP contribution >= 0.6 is 0 Å². The van der Waals surface area contributed by atoms with Crippen LogP contribution in [0.2, 0.25) is 0 Å². The van der Waals surface area contributed by atoms with Gasteiger partial charge in [-0.15, -0.1) is 0 Å². The normalized spacial score (nSPS) is 14.4. The molecule has 1 aliphatic rings. The van der Waals surface area contributed by atoms with Crippen molar-refractivity contribution in [2.75, 3.05) is 18.8 Å². The van der Waals surface area contributed by atoms with Crippen LogP contribution in [0.25, 0.3) is 22.3 Å². The third-order valence-electron chi connectivity index (χ3n) is 6.58. The van der Waals surface area contributed by atoms with Crippen molar-refractivity contribution in [1.82, 2.24) is 29.3 Å². The second kappa shape index (κ2) is 9.40. The lowest BCUT2D eigenvalue weighted by Crippen LogP contribution is -2.60. The predicted octanol–water partition coefficient (Wildman–Crippen LogP) is 2.19. The first-order valence-corrected chi connectivity index (χ1v) is 12.1. The maximum absolute atomic E-state index is 14.0. The number of alkyl halides is 1. The molecule has 0 spiro atoms. The number of rotatable bonds is 6. The Morgan fingerprint density at radius 2 is 1.89 bits per heavy atom. The minimum absolute atomic E-state index is 0.0609. The van der Waals surface area contributed by atoms with Crippen molar-refractivity contribution >= 4 is 28.7 Å². The van der Waals surface area contributed by atoms with Gasteiger partial charge in [-0.2, -0.15) is 0 Å². The maximum atomic E-state index is 14.0. The number of nitrogens with zero attached hydrogens (tertiary/aromatic N) is 5. The Morgan fingerprint density at radius 1 is 1.18 bits per heavy atom. The molecule has 0 atom stereocenters. The van der Waals surface area contributed by atoms with Gasteiger partial charge in [0.2, 0.25) is 5.91 Å². The first-order valence-electron chi connectivity index (χ1n) is 12.1. The van der Waals surface area contributed by atoms with E-state index in [9.17, 15) is 18.8 Å². The third kappa shape index (κ3) is 4.86. The fourth-order valence-electron chi connectivity index (χ4n) is 4.53. The largest absolute Gasteiger partial charge is 0.383 e. The van der Waals surface area contributed by atoms with E-state index in [4.69, 9.17) is 5.73 Å². The Labute approximate surface area is 217 Å². The van der Waals surface area contributed by atoms with E-state index < -0.39 is 29.6 Å². The molecule has 0 saturated carbocycles. The quantitative estimate of drug-likeness (QED) is 0.404. The number of nitrogen functional groups attached to an aromatic ring is 1. The number of anilines is 1. The fraction of sp³-hybridized carbons (Fsp3) is 0.296. The van der Waals surface area contributed by atoms with Gasteiger partial charge >= 0.3 is 0 Å². The molecule has 0 bridgehead atoms. The minimum Gasteiger partial charge on any atom is -0.383 e. The van der Waals surface area contributed by atoms with E-state index in [1.165, 1.54) is 17.9 Å². The second-order valence-corrected chi connectivity index (χ2v) is 10.0. The summed E-state index contributed by atoms with van der Waals surface area (Å²) in [6.07, 6.45) is 3.39. The number of benzene rings is 1. The van der Waals surface area contributed by atoms with Gasteiger partial charge in [-0.25, -0.2) is 14.4 Å². The Bertz CT molecular complexity index is 1610. The molecule has 11 heteroatoms. The first-order chi connectivity index (χ1) is 18.0. The van der Waals surface area contributed by atoms with Crippen molar-refractivity contribution in [2.45, 2.75) is 32.6 Å². The smallest absolute Gasteiger partial charge is 0.265 e. The molecule has 38 heavy (non-hydrogen) atoms. The number of fused-ring (bicyclic) bond motifs is 1. The van der Waals surface area contributed by atoms with Gasteiger partial charge in [-0.3, -0.25) is 19.0 Å². The van der Waals surface area contributed by atoms with E-state index >= 15 is 0 Å². The standard InChI is InChI=1S/C27H28FN7O3/c1-16-4-6-17(7-5-16)10-30-25(37)20-9-18-8-19(21-11-33(3)15-31-21)23(29)32-24(18)35(26(20)38)12-22(36)34-13-27(2,28)14-34/h4-9,11,15H,10,12-14H2,1-3H3,(H2,29,32)(H,30,37). The number of halogens is 1. The summed E-state index contributed by atoms with van der Waals surface area (Å²) in [5.41, 5.74) is 7.16. The first kappa shape index (κ1) is 25.1. The summed E-state index contributed by atoms with van der Waals surface area (Å²) in [6.45, 7) is 3.08. The molecule has 1 aromatic carbocycles. The molecule has 1 fully saturated rings. The number of aromatic nitrogens is 4. The van der Waals surface area contributed by atoms with E-state index in [2.05, 4.69) is 15.3 Å². The molecule has 4 heterocycles.